The van der Waals surface area contributed by atoms with Gasteiger partial charge in [0.15, 0.2) is 11.0 Å². The third kappa shape index (κ3) is 1.19. The summed E-state index contributed by atoms with van der Waals surface area (Å²) < 4.78 is 7.80. The molecule has 0 amide bonds. The predicted molar refractivity (Wildman–Crippen MR) is 43.1 cm³/mol. The Morgan fingerprint density at radius 2 is 2.27 bits per heavy atom. The van der Waals surface area contributed by atoms with Crippen LogP contribution in [0.5, 0.6) is 0 Å². The quantitative estimate of drug-likeness (QED) is 0.697. The average molecular weight is 192 g/mol. The van der Waals surface area contributed by atoms with Gasteiger partial charge >= 0.3 is 0 Å². The highest BCUT2D eigenvalue weighted by molar-refractivity contribution is 6.99. The van der Waals surface area contributed by atoms with Crippen LogP contribution in [0, 0.1) is 0 Å². The van der Waals surface area contributed by atoms with Crippen molar-refractivity contribution < 1.29 is 5.11 Å². The number of anilines is 1. The van der Waals surface area contributed by atoms with E-state index in [1.54, 1.807) is 0 Å². The van der Waals surface area contributed by atoms with Gasteiger partial charge in [-0.25, -0.2) is 0 Å². The summed E-state index contributed by atoms with van der Waals surface area (Å²) in [7, 11) is 0. The summed E-state index contributed by atoms with van der Waals surface area (Å²) in [6.07, 6.45) is -0.229. The fourth-order valence-electron chi connectivity index (χ4n) is 0.990. The van der Waals surface area contributed by atoms with E-state index >= 15 is 0 Å². The van der Waals surface area contributed by atoms with Gasteiger partial charge in [0.25, 0.3) is 0 Å². The van der Waals surface area contributed by atoms with Crippen molar-refractivity contribution in [2.75, 3.05) is 18.0 Å². The lowest BCUT2D eigenvalue weighted by molar-refractivity contribution is 0.141. The van der Waals surface area contributed by atoms with E-state index in [0.717, 1.165) is 11.7 Å². The van der Waals surface area contributed by atoms with Crippen molar-refractivity contribution in [2.24, 2.45) is 0 Å². The van der Waals surface area contributed by atoms with E-state index in [1.807, 2.05) is 4.90 Å². The Kier molecular flexibility index (Phi) is 1.71. The third-order valence-corrected chi connectivity index (χ3v) is 2.47. The van der Waals surface area contributed by atoms with Crippen molar-refractivity contribution in [2.45, 2.75) is 6.10 Å². The van der Waals surface area contributed by atoms with Gasteiger partial charge in [-0.1, -0.05) is 11.6 Å². The maximum Gasteiger partial charge on any atom is 0.187 e. The summed E-state index contributed by atoms with van der Waals surface area (Å²) in [5.74, 6) is 0.696. The van der Waals surface area contributed by atoms with Gasteiger partial charge in [0.05, 0.1) is 17.8 Å². The van der Waals surface area contributed by atoms with E-state index in [0.29, 0.717) is 24.1 Å². The Labute approximate surface area is 72.7 Å². The Hall–Kier alpha value is -0.390. The normalized spacial score (nSPS) is 18.5. The molecule has 2 heterocycles. The van der Waals surface area contributed by atoms with Gasteiger partial charge in [-0.2, -0.15) is 8.75 Å². The Morgan fingerprint density at radius 3 is 2.73 bits per heavy atom. The minimum Gasteiger partial charge on any atom is -0.389 e. The first-order valence-corrected chi connectivity index (χ1v) is 4.29. The van der Waals surface area contributed by atoms with E-state index < -0.39 is 0 Å². The van der Waals surface area contributed by atoms with Gasteiger partial charge in [0.1, 0.15) is 0 Å². The molecule has 1 N–H and O–H groups in total. The van der Waals surface area contributed by atoms with E-state index in [4.69, 9.17) is 16.7 Å². The van der Waals surface area contributed by atoms with Gasteiger partial charge in [-0.3, -0.25) is 0 Å². The van der Waals surface area contributed by atoms with Crippen LogP contribution in [0.15, 0.2) is 0 Å². The lowest BCUT2D eigenvalue weighted by Crippen LogP contribution is -2.51. The molecule has 0 radical (unpaired) electrons. The number of aliphatic hydroxyl groups is 1. The van der Waals surface area contributed by atoms with E-state index in [2.05, 4.69) is 8.75 Å². The number of hydrogen-bond acceptors (Lipinski definition) is 5. The fourth-order valence-corrected chi connectivity index (χ4v) is 1.77. The van der Waals surface area contributed by atoms with Crippen molar-refractivity contribution in [3.63, 3.8) is 0 Å². The molecule has 0 aliphatic carbocycles. The standard InChI is InChI=1S/C5H6ClN3OS/c6-4-5(8-11-7-4)9-1-3(10)2-9/h3,10H,1-2H2. The Bertz CT molecular complexity index is 260. The molecule has 1 fully saturated rings. The van der Waals surface area contributed by atoms with Gasteiger partial charge in [-0.05, 0) is 0 Å². The molecule has 1 aliphatic rings. The van der Waals surface area contributed by atoms with Crippen LogP contribution in [-0.2, 0) is 0 Å². The molecule has 1 aromatic rings. The van der Waals surface area contributed by atoms with Crippen LogP contribution in [0.3, 0.4) is 0 Å². The van der Waals surface area contributed by atoms with Gasteiger partial charge < -0.3 is 10.0 Å². The van der Waals surface area contributed by atoms with Crippen LogP contribution < -0.4 is 4.90 Å². The Morgan fingerprint density at radius 1 is 1.55 bits per heavy atom. The molecule has 6 heteroatoms. The lowest BCUT2D eigenvalue weighted by Gasteiger charge is -2.35. The highest BCUT2D eigenvalue weighted by Gasteiger charge is 2.28. The zero-order valence-electron chi connectivity index (χ0n) is 5.57. The number of β-amino-alcohol motifs (C(OH)–C–C–N with tert-alkyl or cyclic N) is 1. The molecule has 0 spiro atoms. The minimum absolute atomic E-state index is 0.229. The minimum atomic E-state index is -0.229. The monoisotopic (exact) mass is 191 g/mol. The summed E-state index contributed by atoms with van der Waals surface area (Å²) in [6, 6.07) is 0. The van der Waals surface area contributed by atoms with Crippen molar-refractivity contribution >= 4 is 29.1 Å². The topological polar surface area (TPSA) is 49.2 Å². The summed E-state index contributed by atoms with van der Waals surface area (Å²) in [5, 5.41) is 9.41. The van der Waals surface area contributed by atoms with Crippen molar-refractivity contribution in [1.82, 2.24) is 8.75 Å². The number of halogens is 1. The molecule has 1 aromatic heterocycles. The van der Waals surface area contributed by atoms with Crippen molar-refractivity contribution in [3.8, 4) is 0 Å². The summed E-state index contributed by atoms with van der Waals surface area (Å²) >= 11 is 6.80. The number of nitrogens with zero attached hydrogens (tertiary/aromatic N) is 3. The molecule has 0 unspecified atom stereocenters. The number of hydrogen-bond donors (Lipinski definition) is 1. The average Bonchev–Trinajstić information content (AvgIpc) is 2.29. The molecule has 0 saturated carbocycles. The van der Waals surface area contributed by atoms with Crippen LogP contribution in [0.2, 0.25) is 5.15 Å². The third-order valence-electron chi connectivity index (χ3n) is 1.59. The smallest absolute Gasteiger partial charge is 0.187 e. The van der Waals surface area contributed by atoms with Gasteiger partial charge in [0, 0.05) is 13.1 Å². The van der Waals surface area contributed by atoms with Crippen LogP contribution >= 0.6 is 23.3 Å². The number of rotatable bonds is 1. The first kappa shape index (κ1) is 7.27. The molecule has 4 nitrogen and oxygen atoms in total. The molecule has 1 saturated heterocycles. The maximum absolute atomic E-state index is 8.98. The van der Waals surface area contributed by atoms with E-state index in [9.17, 15) is 0 Å². The zero-order chi connectivity index (χ0) is 7.84. The predicted octanol–water partition coefficient (Wildman–Crippen LogP) is 0.372. The number of aliphatic hydroxyl groups excluding tert-OH is 1. The molecule has 0 aromatic carbocycles. The first-order valence-electron chi connectivity index (χ1n) is 3.18. The summed E-state index contributed by atoms with van der Waals surface area (Å²) in [4.78, 5) is 1.90. The first-order chi connectivity index (χ1) is 5.27. The number of aromatic nitrogens is 2. The molecule has 2 rings (SSSR count). The van der Waals surface area contributed by atoms with E-state index in [1.165, 1.54) is 0 Å². The van der Waals surface area contributed by atoms with Crippen molar-refractivity contribution in [3.05, 3.63) is 5.15 Å². The van der Waals surface area contributed by atoms with Crippen LogP contribution in [0.1, 0.15) is 0 Å². The molecule has 0 bridgehead atoms. The summed E-state index contributed by atoms with van der Waals surface area (Å²) in [5.41, 5.74) is 0. The highest BCUT2D eigenvalue weighted by Crippen LogP contribution is 2.26. The maximum atomic E-state index is 8.98. The largest absolute Gasteiger partial charge is 0.389 e. The van der Waals surface area contributed by atoms with Crippen LogP contribution in [-0.4, -0.2) is 33.0 Å². The van der Waals surface area contributed by atoms with Crippen LogP contribution in [0.25, 0.3) is 0 Å². The van der Waals surface area contributed by atoms with Gasteiger partial charge in [-0.15, -0.1) is 0 Å². The SMILES string of the molecule is OC1CN(c2nsnc2Cl)C1. The highest BCUT2D eigenvalue weighted by atomic mass is 35.5. The molecule has 0 atom stereocenters. The van der Waals surface area contributed by atoms with Gasteiger partial charge in [0.2, 0.25) is 0 Å². The molecular weight excluding hydrogens is 186 g/mol. The molecule has 1 aliphatic heterocycles. The van der Waals surface area contributed by atoms with E-state index in [-0.39, 0.29) is 6.10 Å². The Balaban J connectivity index is 2.12. The fraction of sp³-hybridized carbons (Fsp3) is 0.600. The zero-order valence-corrected chi connectivity index (χ0v) is 7.14. The molecule has 11 heavy (non-hydrogen) atoms. The molecular formula is C5H6ClN3OS. The second kappa shape index (κ2) is 2.58. The second-order valence-corrected chi connectivity index (χ2v) is 3.32. The molecule has 60 valence electrons. The summed E-state index contributed by atoms with van der Waals surface area (Å²) in [6.45, 7) is 1.23. The van der Waals surface area contributed by atoms with Crippen LogP contribution in [0.4, 0.5) is 5.82 Å². The van der Waals surface area contributed by atoms with Crippen molar-refractivity contribution in [1.29, 1.82) is 0 Å². The second-order valence-electron chi connectivity index (χ2n) is 2.44. The lowest BCUT2D eigenvalue weighted by atomic mass is 10.2.